The highest BCUT2D eigenvalue weighted by atomic mass is 16.2. The average Bonchev–Trinajstić information content (AvgIpc) is 3.06. The Bertz CT molecular complexity index is 861. The normalized spacial score (nSPS) is 20.6. The maximum atomic E-state index is 13.0. The third-order valence-electron chi connectivity index (χ3n) is 6.50. The molecule has 1 atom stereocenters. The molecule has 0 aliphatic carbocycles. The lowest BCUT2D eigenvalue weighted by Gasteiger charge is -2.31. The molecule has 2 amide bonds. The summed E-state index contributed by atoms with van der Waals surface area (Å²) >= 11 is 0. The van der Waals surface area contributed by atoms with Crippen LogP contribution in [0.1, 0.15) is 53.9 Å². The first-order valence-corrected chi connectivity index (χ1v) is 11.0. The molecule has 2 saturated heterocycles. The van der Waals surface area contributed by atoms with E-state index in [9.17, 15) is 9.59 Å². The molecular weight excluding hydrogens is 376 g/mol. The summed E-state index contributed by atoms with van der Waals surface area (Å²) in [6.45, 7) is 3.10. The van der Waals surface area contributed by atoms with E-state index in [4.69, 9.17) is 5.73 Å². The molecule has 0 unspecified atom stereocenters. The Labute approximate surface area is 178 Å². The summed E-state index contributed by atoms with van der Waals surface area (Å²) in [5.41, 5.74) is 7.43. The van der Waals surface area contributed by atoms with Crippen LogP contribution in [0, 0.1) is 5.92 Å². The van der Waals surface area contributed by atoms with Gasteiger partial charge in [0.2, 0.25) is 5.91 Å². The van der Waals surface area contributed by atoms with Gasteiger partial charge in [0, 0.05) is 38.3 Å². The molecule has 1 aromatic heterocycles. The van der Waals surface area contributed by atoms with E-state index >= 15 is 0 Å². The largest absolute Gasteiger partial charge is 0.369 e. The summed E-state index contributed by atoms with van der Waals surface area (Å²) in [6, 6.07) is 14.4. The van der Waals surface area contributed by atoms with Gasteiger partial charge < -0.3 is 15.5 Å². The van der Waals surface area contributed by atoms with Gasteiger partial charge in [-0.1, -0.05) is 30.3 Å². The van der Waals surface area contributed by atoms with E-state index in [0.29, 0.717) is 11.5 Å². The second-order valence-electron chi connectivity index (χ2n) is 8.40. The fourth-order valence-electron chi connectivity index (χ4n) is 4.63. The second-order valence-corrected chi connectivity index (χ2v) is 8.40. The Morgan fingerprint density at radius 3 is 2.33 bits per heavy atom. The molecule has 2 N–H and O–H groups in total. The Morgan fingerprint density at radius 1 is 0.900 bits per heavy atom. The van der Waals surface area contributed by atoms with Crippen LogP contribution < -0.4 is 10.6 Å². The molecule has 2 aromatic rings. The number of benzene rings is 1. The van der Waals surface area contributed by atoms with Crippen LogP contribution >= 0.6 is 0 Å². The van der Waals surface area contributed by atoms with Gasteiger partial charge in [0.1, 0.15) is 5.82 Å². The fourth-order valence-corrected chi connectivity index (χ4v) is 4.63. The number of aromatic nitrogens is 1. The van der Waals surface area contributed by atoms with Crippen molar-refractivity contribution in [2.75, 3.05) is 31.1 Å². The van der Waals surface area contributed by atoms with E-state index in [0.717, 1.165) is 64.1 Å². The van der Waals surface area contributed by atoms with E-state index < -0.39 is 0 Å². The maximum Gasteiger partial charge on any atom is 0.255 e. The van der Waals surface area contributed by atoms with Crippen molar-refractivity contribution in [2.24, 2.45) is 11.7 Å². The highest BCUT2D eigenvalue weighted by Gasteiger charge is 2.25. The van der Waals surface area contributed by atoms with Crippen LogP contribution in [0.15, 0.2) is 48.7 Å². The standard InChI is InChI=1S/C24H30N4O2/c25-23(29)20-11-14-27(15-12-20)22-9-8-21(17-26-22)24(30)28-13-4-7-19(10-16-28)18-5-2-1-3-6-18/h1-3,5-6,8-9,17,19-20H,4,7,10-16H2,(H2,25,29)/t19-/m0/s1. The zero-order chi connectivity index (χ0) is 20.9. The molecule has 0 saturated carbocycles. The summed E-state index contributed by atoms with van der Waals surface area (Å²) in [5, 5.41) is 0. The van der Waals surface area contributed by atoms with Gasteiger partial charge in [-0.2, -0.15) is 0 Å². The zero-order valence-electron chi connectivity index (χ0n) is 17.4. The van der Waals surface area contributed by atoms with Gasteiger partial charge in [0.25, 0.3) is 5.91 Å². The fraction of sp³-hybridized carbons (Fsp3) is 0.458. The van der Waals surface area contributed by atoms with Crippen LogP contribution in [-0.2, 0) is 4.79 Å². The lowest BCUT2D eigenvalue weighted by Crippen LogP contribution is -2.39. The van der Waals surface area contributed by atoms with E-state index in [1.54, 1.807) is 6.20 Å². The number of nitrogens with two attached hydrogens (primary N) is 1. The van der Waals surface area contributed by atoms with Crippen LogP contribution in [0.2, 0.25) is 0 Å². The minimum absolute atomic E-state index is 0.0372. The first-order valence-electron chi connectivity index (χ1n) is 11.0. The number of hydrogen-bond donors (Lipinski definition) is 1. The second kappa shape index (κ2) is 9.28. The predicted molar refractivity (Wildman–Crippen MR) is 117 cm³/mol. The third-order valence-corrected chi connectivity index (χ3v) is 6.50. The Balaban J connectivity index is 1.35. The molecule has 0 spiro atoms. The number of amides is 2. The molecule has 0 bridgehead atoms. The Hall–Kier alpha value is -2.89. The van der Waals surface area contributed by atoms with Crippen molar-refractivity contribution < 1.29 is 9.59 Å². The first-order chi connectivity index (χ1) is 14.6. The molecule has 158 valence electrons. The van der Waals surface area contributed by atoms with Crippen molar-refractivity contribution in [3.05, 3.63) is 59.8 Å². The van der Waals surface area contributed by atoms with Crippen molar-refractivity contribution in [1.82, 2.24) is 9.88 Å². The van der Waals surface area contributed by atoms with E-state index in [1.807, 2.05) is 23.1 Å². The van der Waals surface area contributed by atoms with Crippen LogP contribution in [0.3, 0.4) is 0 Å². The number of nitrogens with zero attached hydrogens (tertiary/aromatic N) is 3. The van der Waals surface area contributed by atoms with E-state index in [-0.39, 0.29) is 17.7 Å². The number of pyridine rings is 1. The molecule has 2 aliphatic heterocycles. The highest BCUT2D eigenvalue weighted by molar-refractivity contribution is 5.94. The lowest BCUT2D eigenvalue weighted by atomic mass is 9.92. The van der Waals surface area contributed by atoms with Crippen molar-refractivity contribution in [3.8, 4) is 0 Å². The SMILES string of the molecule is NC(=O)C1CCN(c2ccc(C(=O)N3CCC[C@H](c4ccccc4)CC3)cn2)CC1. The van der Waals surface area contributed by atoms with Crippen molar-refractivity contribution in [2.45, 2.75) is 38.0 Å². The number of anilines is 1. The van der Waals surface area contributed by atoms with Crippen LogP contribution in [0.25, 0.3) is 0 Å². The topological polar surface area (TPSA) is 79.5 Å². The number of rotatable bonds is 4. The molecule has 4 rings (SSSR count). The van der Waals surface area contributed by atoms with Gasteiger partial charge in [0.05, 0.1) is 5.56 Å². The molecule has 3 heterocycles. The van der Waals surface area contributed by atoms with Crippen LogP contribution in [-0.4, -0.2) is 47.9 Å². The Morgan fingerprint density at radius 2 is 1.67 bits per heavy atom. The molecule has 6 nitrogen and oxygen atoms in total. The molecule has 2 aliphatic rings. The van der Waals surface area contributed by atoms with Gasteiger partial charge in [-0.15, -0.1) is 0 Å². The molecule has 6 heteroatoms. The number of likely N-dealkylation sites (tertiary alicyclic amines) is 1. The summed E-state index contributed by atoms with van der Waals surface area (Å²) in [4.78, 5) is 33.0. The minimum atomic E-state index is -0.212. The van der Waals surface area contributed by atoms with Crippen LogP contribution in [0.4, 0.5) is 5.82 Å². The monoisotopic (exact) mass is 406 g/mol. The number of carbonyl (C=O) groups is 2. The number of carbonyl (C=O) groups excluding carboxylic acids is 2. The van der Waals surface area contributed by atoms with E-state index in [1.165, 1.54) is 5.56 Å². The van der Waals surface area contributed by atoms with Crippen molar-refractivity contribution in [3.63, 3.8) is 0 Å². The van der Waals surface area contributed by atoms with Gasteiger partial charge in [-0.3, -0.25) is 9.59 Å². The Kier molecular flexibility index (Phi) is 6.31. The summed E-state index contributed by atoms with van der Waals surface area (Å²) in [7, 11) is 0. The molecular formula is C24H30N4O2. The van der Waals surface area contributed by atoms with Crippen LogP contribution in [0.5, 0.6) is 0 Å². The van der Waals surface area contributed by atoms with Crippen molar-refractivity contribution >= 4 is 17.6 Å². The summed E-state index contributed by atoms with van der Waals surface area (Å²) in [6.07, 6.45) is 6.34. The maximum absolute atomic E-state index is 13.0. The molecule has 1 aromatic carbocycles. The van der Waals surface area contributed by atoms with E-state index in [2.05, 4.69) is 34.1 Å². The van der Waals surface area contributed by atoms with Gasteiger partial charge in [-0.05, 0) is 55.7 Å². The third kappa shape index (κ3) is 4.64. The number of piperidine rings is 1. The van der Waals surface area contributed by atoms with Gasteiger partial charge >= 0.3 is 0 Å². The average molecular weight is 407 g/mol. The summed E-state index contributed by atoms with van der Waals surface area (Å²) in [5.74, 6) is 1.19. The minimum Gasteiger partial charge on any atom is -0.369 e. The lowest BCUT2D eigenvalue weighted by molar-refractivity contribution is -0.122. The smallest absolute Gasteiger partial charge is 0.255 e. The molecule has 30 heavy (non-hydrogen) atoms. The highest BCUT2D eigenvalue weighted by Crippen LogP contribution is 2.28. The van der Waals surface area contributed by atoms with Crippen molar-refractivity contribution in [1.29, 1.82) is 0 Å². The number of hydrogen-bond acceptors (Lipinski definition) is 4. The first kappa shape index (κ1) is 20.4. The molecule has 2 fully saturated rings. The zero-order valence-corrected chi connectivity index (χ0v) is 17.4. The quantitative estimate of drug-likeness (QED) is 0.846. The summed E-state index contributed by atoms with van der Waals surface area (Å²) < 4.78 is 0. The number of primary amides is 1. The van der Waals surface area contributed by atoms with Gasteiger partial charge in [-0.25, -0.2) is 4.98 Å². The van der Waals surface area contributed by atoms with Gasteiger partial charge in [0.15, 0.2) is 0 Å². The predicted octanol–water partition coefficient (Wildman–Crippen LogP) is 3.19. The molecule has 0 radical (unpaired) electrons.